The van der Waals surface area contributed by atoms with Crippen molar-refractivity contribution in [3.63, 3.8) is 0 Å². The van der Waals surface area contributed by atoms with Gasteiger partial charge in [0.1, 0.15) is 5.75 Å². The molecular weight excluding hydrogens is 204 g/mol. The molecule has 1 aromatic carbocycles. The lowest BCUT2D eigenvalue weighted by Gasteiger charge is -2.03. The molecule has 0 aliphatic rings. The molecule has 16 heavy (non-hydrogen) atoms. The number of carbonyl (C=O) groups is 1. The minimum atomic E-state index is -0.347. The highest BCUT2D eigenvalue weighted by molar-refractivity contribution is 5.89. The lowest BCUT2D eigenvalue weighted by atomic mass is 10.2. The molecule has 3 heteroatoms. The Bertz CT molecular complexity index is 352. The number of phenols is 1. The largest absolute Gasteiger partial charge is 0.508 e. The van der Waals surface area contributed by atoms with Crippen molar-refractivity contribution in [1.82, 2.24) is 0 Å². The Hall–Kier alpha value is -1.77. The highest BCUT2D eigenvalue weighted by Gasteiger charge is 2.05. The Kier molecular flexibility index (Phi) is 5.12. The number of esters is 1. The van der Waals surface area contributed by atoms with Gasteiger partial charge in [-0.25, -0.2) is 4.79 Å². The molecule has 0 saturated heterocycles. The number of hydrogen-bond acceptors (Lipinski definition) is 3. The van der Waals surface area contributed by atoms with Gasteiger partial charge in [-0.2, -0.15) is 0 Å². The van der Waals surface area contributed by atoms with Gasteiger partial charge in [-0.1, -0.05) is 12.2 Å². The van der Waals surface area contributed by atoms with E-state index in [4.69, 9.17) is 9.84 Å². The second-order valence-electron chi connectivity index (χ2n) is 3.39. The molecule has 0 bridgehead atoms. The zero-order valence-corrected chi connectivity index (χ0v) is 9.35. The van der Waals surface area contributed by atoms with Crippen LogP contribution in [-0.2, 0) is 4.74 Å². The van der Waals surface area contributed by atoms with Crippen LogP contribution in [0.2, 0.25) is 0 Å². The third kappa shape index (κ3) is 4.17. The van der Waals surface area contributed by atoms with E-state index in [1.807, 2.05) is 19.1 Å². The van der Waals surface area contributed by atoms with Crippen molar-refractivity contribution in [3.05, 3.63) is 42.0 Å². The third-order valence-corrected chi connectivity index (χ3v) is 2.09. The molecule has 0 radical (unpaired) electrons. The molecule has 1 rings (SSSR count). The number of benzene rings is 1. The van der Waals surface area contributed by atoms with Gasteiger partial charge in [-0.15, -0.1) is 0 Å². The normalized spacial score (nSPS) is 10.6. The fraction of sp³-hybridized carbons (Fsp3) is 0.308. The summed E-state index contributed by atoms with van der Waals surface area (Å²) in [5, 5.41) is 9.05. The molecule has 0 heterocycles. The lowest BCUT2D eigenvalue weighted by Crippen LogP contribution is -2.05. The average Bonchev–Trinajstić information content (AvgIpc) is 2.29. The summed E-state index contributed by atoms with van der Waals surface area (Å²) in [7, 11) is 0. The highest BCUT2D eigenvalue weighted by Crippen LogP contribution is 2.10. The number of allylic oxidation sites excluding steroid dienone is 2. The van der Waals surface area contributed by atoms with Crippen LogP contribution < -0.4 is 0 Å². The summed E-state index contributed by atoms with van der Waals surface area (Å²) >= 11 is 0. The van der Waals surface area contributed by atoms with Crippen LogP contribution in [0.25, 0.3) is 0 Å². The summed E-state index contributed by atoms with van der Waals surface area (Å²) in [5.74, 6) is -0.204. The zero-order valence-electron chi connectivity index (χ0n) is 9.35. The van der Waals surface area contributed by atoms with E-state index in [1.165, 1.54) is 12.1 Å². The summed E-state index contributed by atoms with van der Waals surface area (Å²) in [6.07, 6.45) is 5.75. The van der Waals surface area contributed by atoms with Gasteiger partial charge in [0, 0.05) is 0 Å². The summed E-state index contributed by atoms with van der Waals surface area (Å²) in [4.78, 5) is 11.5. The molecule has 0 unspecified atom stereocenters. The SMILES string of the molecule is C/C=C/CCCOC(=O)c1ccc(O)cc1. The number of ether oxygens (including phenoxy) is 1. The van der Waals surface area contributed by atoms with Gasteiger partial charge in [0.15, 0.2) is 0 Å². The second-order valence-corrected chi connectivity index (χ2v) is 3.39. The van der Waals surface area contributed by atoms with Gasteiger partial charge in [0.25, 0.3) is 0 Å². The fourth-order valence-electron chi connectivity index (χ4n) is 1.21. The van der Waals surface area contributed by atoms with Gasteiger partial charge >= 0.3 is 5.97 Å². The van der Waals surface area contributed by atoms with Gasteiger partial charge in [-0.05, 0) is 44.0 Å². The predicted octanol–water partition coefficient (Wildman–Crippen LogP) is 2.91. The third-order valence-electron chi connectivity index (χ3n) is 2.09. The standard InChI is InChI=1S/C13H16O3/c1-2-3-4-5-10-16-13(15)11-6-8-12(14)9-7-11/h2-3,6-9,14H,4-5,10H2,1H3/b3-2+. The Morgan fingerprint density at radius 2 is 2.06 bits per heavy atom. The zero-order chi connectivity index (χ0) is 11.8. The van der Waals surface area contributed by atoms with Crippen LogP contribution in [0, 0.1) is 0 Å². The summed E-state index contributed by atoms with van der Waals surface area (Å²) in [5.41, 5.74) is 0.462. The number of carbonyl (C=O) groups excluding carboxylic acids is 1. The van der Waals surface area contributed by atoms with E-state index >= 15 is 0 Å². The molecule has 0 saturated carbocycles. The summed E-state index contributed by atoms with van der Waals surface area (Å²) in [6, 6.07) is 6.03. The highest BCUT2D eigenvalue weighted by atomic mass is 16.5. The fourth-order valence-corrected chi connectivity index (χ4v) is 1.21. The van der Waals surface area contributed by atoms with Gasteiger partial charge in [-0.3, -0.25) is 0 Å². The molecule has 0 spiro atoms. The monoisotopic (exact) mass is 220 g/mol. The number of rotatable bonds is 5. The number of unbranched alkanes of at least 4 members (excludes halogenated alkanes) is 1. The Balaban J connectivity index is 2.32. The van der Waals surface area contributed by atoms with E-state index in [0.29, 0.717) is 12.2 Å². The van der Waals surface area contributed by atoms with Crippen LogP contribution >= 0.6 is 0 Å². The Morgan fingerprint density at radius 3 is 2.69 bits per heavy atom. The van der Waals surface area contributed by atoms with E-state index in [2.05, 4.69) is 0 Å². The number of hydrogen-bond donors (Lipinski definition) is 1. The van der Waals surface area contributed by atoms with Crippen molar-refractivity contribution >= 4 is 5.97 Å². The number of phenolic OH excluding ortho intramolecular Hbond substituents is 1. The van der Waals surface area contributed by atoms with E-state index in [0.717, 1.165) is 12.8 Å². The second kappa shape index (κ2) is 6.67. The van der Waals surface area contributed by atoms with Crippen LogP contribution in [0.15, 0.2) is 36.4 Å². The maximum absolute atomic E-state index is 11.5. The molecule has 0 amide bonds. The van der Waals surface area contributed by atoms with Crippen molar-refractivity contribution in [1.29, 1.82) is 0 Å². The van der Waals surface area contributed by atoms with Crippen molar-refractivity contribution < 1.29 is 14.6 Å². The molecule has 3 nitrogen and oxygen atoms in total. The lowest BCUT2D eigenvalue weighted by molar-refractivity contribution is 0.0501. The van der Waals surface area contributed by atoms with Crippen molar-refractivity contribution in [2.24, 2.45) is 0 Å². The van der Waals surface area contributed by atoms with Crippen molar-refractivity contribution in [2.75, 3.05) is 6.61 Å². The Labute approximate surface area is 95.4 Å². The maximum atomic E-state index is 11.5. The van der Waals surface area contributed by atoms with E-state index < -0.39 is 0 Å². The van der Waals surface area contributed by atoms with Crippen LogP contribution in [0.1, 0.15) is 30.1 Å². The summed E-state index contributed by atoms with van der Waals surface area (Å²) < 4.78 is 5.06. The van der Waals surface area contributed by atoms with Crippen molar-refractivity contribution in [3.8, 4) is 5.75 Å². The molecule has 0 fully saturated rings. The molecule has 0 aromatic heterocycles. The first-order chi connectivity index (χ1) is 7.74. The smallest absolute Gasteiger partial charge is 0.338 e. The molecule has 0 aliphatic heterocycles. The maximum Gasteiger partial charge on any atom is 0.338 e. The molecule has 0 aliphatic carbocycles. The van der Waals surface area contributed by atoms with Gasteiger partial charge in [0.05, 0.1) is 12.2 Å². The van der Waals surface area contributed by atoms with Crippen LogP contribution in [0.3, 0.4) is 0 Å². The predicted molar refractivity (Wildman–Crippen MR) is 62.4 cm³/mol. The first kappa shape index (κ1) is 12.3. The summed E-state index contributed by atoms with van der Waals surface area (Å²) in [6.45, 7) is 2.38. The van der Waals surface area contributed by atoms with E-state index in [1.54, 1.807) is 12.1 Å². The molecule has 1 N–H and O–H groups in total. The molecule has 0 atom stereocenters. The van der Waals surface area contributed by atoms with Crippen LogP contribution in [0.4, 0.5) is 0 Å². The number of aromatic hydroxyl groups is 1. The minimum absolute atomic E-state index is 0.143. The van der Waals surface area contributed by atoms with E-state index in [9.17, 15) is 4.79 Å². The van der Waals surface area contributed by atoms with Crippen molar-refractivity contribution in [2.45, 2.75) is 19.8 Å². The van der Waals surface area contributed by atoms with Gasteiger partial charge < -0.3 is 9.84 Å². The Morgan fingerprint density at radius 1 is 1.38 bits per heavy atom. The van der Waals surface area contributed by atoms with Crippen LogP contribution in [0.5, 0.6) is 5.75 Å². The first-order valence-electron chi connectivity index (χ1n) is 5.31. The van der Waals surface area contributed by atoms with E-state index in [-0.39, 0.29) is 11.7 Å². The molecule has 86 valence electrons. The molecular formula is C13H16O3. The minimum Gasteiger partial charge on any atom is -0.508 e. The van der Waals surface area contributed by atoms with Crippen LogP contribution in [-0.4, -0.2) is 17.7 Å². The average molecular weight is 220 g/mol. The van der Waals surface area contributed by atoms with Gasteiger partial charge in [0.2, 0.25) is 0 Å². The topological polar surface area (TPSA) is 46.5 Å². The quantitative estimate of drug-likeness (QED) is 0.471. The first-order valence-corrected chi connectivity index (χ1v) is 5.31. The molecule has 1 aromatic rings.